The number of anilines is 1. The smallest absolute Gasteiger partial charge is 0.338 e. The number of benzene rings is 2. The summed E-state index contributed by atoms with van der Waals surface area (Å²) in [6, 6.07) is 16.2. The molecule has 0 aliphatic heterocycles. The first kappa shape index (κ1) is 20.1. The number of nitrogens with zero attached hydrogens (tertiary/aromatic N) is 2. The number of carbonyl (C=O) groups excluding carboxylic acids is 2. The van der Waals surface area contributed by atoms with E-state index in [1.807, 2.05) is 41.2 Å². The van der Waals surface area contributed by atoms with Gasteiger partial charge in [0.1, 0.15) is 0 Å². The number of ether oxygens (including phenoxy) is 1. The number of esters is 1. The molecule has 0 fully saturated rings. The van der Waals surface area contributed by atoms with Crippen molar-refractivity contribution in [2.45, 2.75) is 10.6 Å². The van der Waals surface area contributed by atoms with Gasteiger partial charge in [0.05, 0.1) is 28.0 Å². The fourth-order valence-electron chi connectivity index (χ4n) is 2.77. The molecule has 2 aromatic carbocycles. The van der Waals surface area contributed by atoms with E-state index in [1.165, 1.54) is 0 Å². The van der Waals surface area contributed by atoms with Gasteiger partial charge in [0.25, 0.3) is 5.91 Å². The normalized spacial score (nSPS) is 10.7. The second-order valence-corrected chi connectivity index (χ2v) is 8.06. The van der Waals surface area contributed by atoms with Crippen molar-refractivity contribution < 1.29 is 14.3 Å². The zero-order chi connectivity index (χ0) is 20.8. The number of nitrogens with one attached hydrogen (secondary N) is 1. The van der Waals surface area contributed by atoms with Crippen LogP contribution >= 0.6 is 23.1 Å². The summed E-state index contributed by atoms with van der Waals surface area (Å²) in [4.78, 5) is 34.0. The third-order valence-electron chi connectivity index (χ3n) is 4.21. The van der Waals surface area contributed by atoms with Crippen molar-refractivity contribution in [2.75, 3.05) is 11.9 Å². The lowest BCUT2D eigenvalue weighted by atomic mass is 10.2. The largest absolute Gasteiger partial charge is 0.452 e. The predicted octanol–water partition coefficient (Wildman–Crippen LogP) is 4.78. The highest BCUT2D eigenvalue weighted by molar-refractivity contribution is 7.98. The topological polar surface area (TPSA) is 81.2 Å². The second-order valence-electron chi connectivity index (χ2n) is 6.29. The van der Waals surface area contributed by atoms with Crippen LogP contribution in [0.1, 0.15) is 16.1 Å². The van der Waals surface area contributed by atoms with Gasteiger partial charge in [0, 0.05) is 27.6 Å². The summed E-state index contributed by atoms with van der Waals surface area (Å²) in [6.07, 6.45) is 1.69. The molecule has 1 amide bonds. The maximum absolute atomic E-state index is 12.2. The Hall–Kier alpha value is -3.23. The quantitative estimate of drug-likeness (QED) is 0.332. The minimum atomic E-state index is -0.541. The molecule has 150 valence electrons. The van der Waals surface area contributed by atoms with Gasteiger partial charge in [-0.2, -0.15) is 0 Å². The Labute approximate surface area is 181 Å². The molecule has 6 nitrogen and oxygen atoms in total. The van der Waals surface area contributed by atoms with E-state index in [0.717, 1.165) is 27.2 Å². The molecule has 0 aliphatic rings. The molecular formula is C22H17N3O3S2. The summed E-state index contributed by atoms with van der Waals surface area (Å²) >= 11 is 3.21. The predicted molar refractivity (Wildman–Crippen MR) is 119 cm³/mol. The molecule has 0 saturated heterocycles. The van der Waals surface area contributed by atoms with Crippen molar-refractivity contribution in [3.05, 3.63) is 82.9 Å². The number of carbonyl (C=O) groups is 2. The van der Waals surface area contributed by atoms with Gasteiger partial charge in [-0.1, -0.05) is 6.07 Å². The number of fused-ring (bicyclic) bond motifs is 1. The zero-order valence-corrected chi connectivity index (χ0v) is 17.4. The number of rotatable bonds is 7. The zero-order valence-electron chi connectivity index (χ0n) is 15.8. The molecule has 4 rings (SSSR count). The molecule has 4 aromatic rings. The molecule has 1 N–H and O–H groups in total. The highest BCUT2D eigenvalue weighted by Gasteiger charge is 2.12. The number of aromatic nitrogens is 2. The summed E-state index contributed by atoms with van der Waals surface area (Å²) < 4.78 is 5.15. The summed E-state index contributed by atoms with van der Waals surface area (Å²) in [6.45, 7) is -0.365. The first-order chi connectivity index (χ1) is 14.7. The molecular weight excluding hydrogens is 418 g/mol. The van der Waals surface area contributed by atoms with Crippen LogP contribution in [-0.4, -0.2) is 28.5 Å². The number of thiazole rings is 1. The van der Waals surface area contributed by atoms with Gasteiger partial charge in [-0.25, -0.2) is 9.78 Å². The Balaban J connectivity index is 1.30. The Kier molecular flexibility index (Phi) is 6.36. The number of hydrogen-bond donors (Lipinski definition) is 1. The maximum Gasteiger partial charge on any atom is 0.338 e. The van der Waals surface area contributed by atoms with Crippen LogP contribution in [0.2, 0.25) is 0 Å². The van der Waals surface area contributed by atoms with E-state index in [9.17, 15) is 9.59 Å². The van der Waals surface area contributed by atoms with Gasteiger partial charge in [-0.05, 0) is 48.5 Å². The highest BCUT2D eigenvalue weighted by atomic mass is 32.2. The summed E-state index contributed by atoms with van der Waals surface area (Å²) in [5, 5.41) is 5.60. The van der Waals surface area contributed by atoms with E-state index in [2.05, 4.69) is 15.3 Å². The Morgan fingerprint density at radius 2 is 1.90 bits per heavy atom. The van der Waals surface area contributed by atoms with Crippen LogP contribution in [0, 0.1) is 0 Å². The van der Waals surface area contributed by atoms with E-state index in [4.69, 9.17) is 4.74 Å². The number of thioether (sulfide) groups is 1. The average molecular weight is 436 g/mol. The monoisotopic (exact) mass is 435 g/mol. The van der Waals surface area contributed by atoms with Crippen LogP contribution < -0.4 is 5.32 Å². The van der Waals surface area contributed by atoms with Crippen molar-refractivity contribution >= 4 is 51.6 Å². The molecule has 0 aliphatic carbocycles. The van der Waals surface area contributed by atoms with Gasteiger partial charge in [-0.3, -0.25) is 9.78 Å². The molecule has 30 heavy (non-hydrogen) atoms. The van der Waals surface area contributed by atoms with E-state index < -0.39 is 11.9 Å². The van der Waals surface area contributed by atoms with Crippen molar-refractivity contribution in [1.82, 2.24) is 9.97 Å². The lowest BCUT2D eigenvalue weighted by molar-refractivity contribution is -0.119. The van der Waals surface area contributed by atoms with Gasteiger partial charge < -0.3 is 10.1 Å². The molecule has 2 heterocycles. The minimum absolute atomic E-state index is 0.365. The van der Waals surface area contributed by atoms with E-state index in [-0.39, 0.29) is 6.61 Å². The third kappa shape index (κ3) is 5.03. The Morgan fingerprint density at radius 3 is 2.70 bits per heavy atom. The van der Waals surface area contributed by atoms with Crippen LogP contribution in [-0.2, 0) is 15.3 Å². The summed E-state index contributed by atoms with van der Waals surface area (Å²) in [5.74, 6) is -0.173. The maximum atomic E-state index is 12.2. The summed E-state index contributed by atoms with van der Waals surface area (Å²) in [5.41, 5.74) is 4.64. The minimum Gasteiger partial charge on any atom is -0.452 e. The number of hydrogen-bond acceptors (Lipinski definition) is 7. The third-order valence-corrected chi connectivity index (χ3v) is 5.90. The van der Waals surface area contributed by atoms with Gasteiger partial charge in [0.2, 0.25) is 0 Å². The molecule has 2 aromatic heterocycles. The van der Waals surface area contributed by atoms with Gasteiger partial charge in [0.15, 0.2) is 6.61 Å². The number of amides is 1. The Morgan fingerprint density at radius 1 is 1.03 bits per heavy atom. The van der Waals surface area contributed by atoms with Crippen LogP contribution in [0.4, 0.5) is 5.69 Å². The van der Waals surface area contributed by atoms with Crippen molar-refractivity contribution in [3.8, 4) is 0 Å². The fraction of sp³-hybridized carbons (Fsp3) is 0.0909. The van der Waals surface area contributed by atoms with Crippen molar-refractivity contribution in [1.29, 1.82) is 0 Å². The summed E-state index contributed by atoms with van der Waals surface area (Å²) in [7, 11) is 0. The van der Waals surface area contributed by atoms with Crippen LogP contribution in [0.3, 0.4) is 0 Å². The molecule has 8 heteroatoms. The average Bonchev–Trinajstić information content (AvgIpc) is 3.30. The van der Waals surface area contributed by atoms with Crippen LogP contribution in [0.5, 0.6) is 0 Å². The number of pyridine rings is 1. The van der Waals surface area contributed by atoms with Crippen molar-refractivity contribution in [3.63, 3.8) is 0 Å². The molecule has 0 spiro atoms. The first-order valence-corrected chi connectivity index (χ1v) is 11.0. The van der Waals surface area contributed by atoms with Crippen LogP contribution in [0.25, 0.3) is 10.9 Å². The van der Waals surface area contributed by atoms with E-state index >= 15 is 0 Å². The fourth-order valence-corrected chi connectivity index (χ4v) is 4.23. The molecule has 0 unspecified atom stereocenters. The first-order valence-electron chi connectivity index (χ1n) is 9.10. The standard InChI is InChI=1S/C22H17N3O3S2/c26-21(25-20-5-1-4-19-18(20)3-2-10-23-19)11-28-22(27)15-6-8-17(9-7-15)30-13-16-12-29-14-24-16/h1-10,12,14H,11,13H2,(H,25,26). The van der Waals surface area contributed by atoms with E-state index in [1.54, 1.807) is 53.6 Å². The van der Waals surface area contributed by atoms with Gasteiger partial charge >= 0.3 is 5.97 Å². The van der Waals surface area contributed by atoms with Crippen LogP contribution in [0.15, 0.2) is 76.6 Å². The lowest BCUT2D eigenvalue weighted by Gasteiger charge is -2.09. The van der Waals surface area contributed by atoms with Gasteiger partial charge in [-0.15, -0.1) is 23.1 Å². The highest BCUT2D eigenvalue weighted by Crippen LogP contribution is 2.23. The molecule has 0 radical (unpaired) electrons. The lowest BCUT2D eigenvalue weighted by Crippen LogP contribution is -2.21. The van der Waals surface area contributed by atoms with E-state index in [0.29, 0.717) is 11.3 Å². The SMILES string of the molecule is O=C(COC(=O)c1ccc(SCc2cscn2)cc1)Nc1cccc2ncccc12. The molecule has 0 bridgehead atoms. The molecule has 0 atom stereocenters. The second kappa shape index (κ2) is 9.51. The van der Waals surface area contributed by atoms with Crippen molar-refractivity contribution in [2.24, 2.45) is 0 Å². The Bertz CT molecular complexity index is 1160. The molecule has 0 saturated carbocycles.